The highest BCUT2D eigenvalue weighted by atomic mass is 16.3. The van der Waals surface area contributed by atoms with Crippen molar-refractivity contribution in [1.82, 2.24) is 15.2 Å². The van der Waals surface area contributed by atoms with E-state index in [0.717, 1.165) is 11.6 Å². The summed E-state index contributed by atoms with van der Waals surface area (Å²) in [6.45, 7) is 4.60. The number of nitriles is 1. The molecule has 1 aliphatic rings. The molecule has 0 radical (unpaired) electrons. The topological polar surface area (TPSA) is 85.4 Å². The van der Waals surface area contributed by atoms with Gasteiger partial charge in [-0.05, 0) is 31.2 Å². The molecule has 1 aliphatic heterocycles. The summed E-state index contributed by atoms with van der Waals surface area (Å²) in [7, 11) is 0. The van der Waals surface area contributed by atoms with Crippen LogP contribution in [0.2, 0.25) is 0 Å². The van der Waals surface area contributed by atoms with Gasteiger partial charge >= 0.3 is 6.03 Å². The molecule has 0 saturated carbocycles. The van der Waals surface area contributed by atoms with E-state index in [2.05, 4.69) is 21.3 Å². The van der Waals surface area contributed by atoms with Crippen LogP contribution in [0.1, 0.15) is 18.2 Å². The number of aromatic nitrogens is 1. The zero-order chi connectivity index (χ0) is 17.6. The smallest absolute Gasteiger partial charge is 0.317 e. The van der Waals surface area contributed by atoms with Crippen molar-refractivity contribution in [2.24, 2.45) is 0 Å². The van der Waals surface area contributed by atoms with Gasteiger partial charge in [-0.3, -0.25) is 0 Å². The van der Waals surface area contributed by atoms with Crippen LogP contribution in [0.25, 0.3) is 0 Å². The average Bonchev–Trinajstić information content (AvgIpc) is 3.14. The Hall–Kier alpha value is -3.01. The molecular formula is C18H21N5O2. The number of hydrogen-bond donors (Lipinski definition) is 1. The number of pyridine rings is 1. The van der Waals surface area contributed by atoms with Gasteiger partial charge in [0.1, 0.15) is 11.6 Å². The molecule has 0 aromatic carbocycles. The number of anilines is 1. The number of carbonyl (C=O) groups is 1. The SMILES string of the molecule is C[C@H](Cc1ccco1)NC(=O)N1CCN(c2cc(C#N)ccn2)CC1. The fraction of sp³-hybridized carbons (Fsp3) is 0.389. The Morgan fingerprint density at radius 3 is 2.88 bits per heavy atom. The van der Waals surface area contributed by atoms with Crippen molar-refractivity contribution < 1.29 is 9.21 Å². The fourth-order valence-electron chi connectivity index (χ4n) is 2.88. The highest BCUT2D eigenvalue weighted by Crippen LogP contribution is 2.15. The molecule has 3 rings (SSSR count). The average molecular weight is 339 g/mol. The number of carbonyl (C=O) groups excluding carboxylic acids is 1. The van der Waals surface area contributed by atoms with Crippen molar-refractivity contribution in [3.8, 4) is 6.07 Å². The van der Waals surface area contributed by atoms with Gasteiger partial charge in [0.2, 0.25) is 0 Å². The van der Waals surface area contributed by atoms with Gasteiger partial charge in [0.15, 0.2) is 0 Å². The van der Waals surface area contributed by atoms with E-state index in [0.29, 0.717) is 38.2 Å². The quantitative estimate of drug-likeness (QED) is 0.921. The van der Waals surface area contributed by atoms with E-state index in [9.17, 15) is 4.79 Å². The Balaban J connectivity index is 1.49. The van der Waals surface area contributed by atoms with Gasteiger partial charge in [0.25, 0.3) is 0 Å². The number of amides is 2. The number of urea groups is 1. The van der Waals surface area contributed by atoms with Gasteiger partial charge in [-0.25, -0.2) is 9.78 Å². The van der Waals surface area contributed by atoms with E-state index in [4.69, 9.17) is 9.68 Å². The molecule has 1 atom stereocenters. The lowest BCUT2D eigenvalue weighted by Crippen LogP contribution is -2.53. The van der Waals surface area contributed by atoms with E-state index in [-0.39, 0.29) is 12.1 Å². The molecule has 1 saturated heterocycles. The number of rotatable bonds is 4. The minimum atomic E-state index is -0.0579. The molecule has 130 valence electrons. The normalized spacial score (nSPS) is 15.5. The first-order chi connectivity index (χ1) is 12.2. The third-order valence-corrected chi connectivity index (χ3v) is 4.22. The summed E-state index contributed by atoms with van der Waals surface area (Å²) in [5.74, 6) is 1.64. The third-order valence-electron chi connectivity index (χ3n) is 4.22. The Morgan fingerprint density at radius 2 is 2.20 bits per heavy atom. The lowest BCUT2D eigenvalue weighted by Gasteiger charge is -2.35. The molecule has 7 nitrogen and oxygen atoms in total. The highest BCUT2D eigenvalue weighted by molar-refractivity contribution is 5.74. The third kappa shape index (κ3) is 4.29. The van der Waals surface area contributed by atoms with Crippen LogP contribution >= 0.6 is 0 Å². The van der Waals surface area contributed by atoms with Crippen molar-refractivity contribution in [1.29, 1.82) is 5.26 Å². The molecule has 0 bridgehead atoms. The zero-order valence-electron chi connectivity index (χ0n) is 14.2. The summed E-state index contributed by atoms with van der Waals surface area (Å²) in [5, 5.41) is 12.0. The molecule has 3 heterocycles. The number of nitrogens with zero attached hydrogens (tertiary/aromatic N) is 4. The van der Waals surface area contributed by atoms with Gasteiger partial charge in [0, 0.05) is 44.8 Å². The summed E-state index contributed by atoms with van der Waals surface area (Å²) >= 11 is 0. The standard InChI is InChI=1S/C18H21N5O2/c1-14(11-16-3-2-10-25-16)21-18(24)23-8-6-22(7-9-23)17-12-15(13-19)4-5-20-17/h2-5,10,12,14H,6-9,11H2,1H3,(H,21,24)/t14-/m1/s1. The number of hydrogen-bond acceptors (Lipinski definition) is 5. The van der Waals surface area contributed by atoms with E-state index >= 15 is 0 Å². The molecule has 0 aliphatic carbocycles. The predicted molar refractivity (Wildman–Crippen MR) is 93.1 cm³/mol. The molecule has 2 aromatic heterocycles. The van der Waals surface area contributed by atoms with Crippen molar-refractivity contribution in [3.63, 3.8) is 0 Å². The highest BCUT2D eigenvalue weighted by Gasteiger charge is 2.23. The zero-order valence-corrected chi connectivity index (χ0v) is 14.2. The van der Waals surface area contributed by atoms with Crippen LogP contribution in [0.4, 0.5) is 10.6 Å². The molecule has 0 spiro atoms. The second kappa shape index (κ2) is 7.71. The summed E-state index contributed by atoms with van der Waals surface area (Å²) in [4.78, 5) is 20.6. The van der Waals surface area contributed by atoms with Gasteiger partial charge in [-0.15, -0.1) is 0 Å². The monoisotopic (exact) mass is 339 g/mol. The van der Waals surface area contributed by atoms with E-state index in [1.807, 2.05) is 24.0 Å². The maximum Gasteiger partial charge on any atom is 0.317 e. The van der Waals surface area contributed by atoms with Crippen molar-refractivity contribution in [2.45, 2.75) is 19.4 Å². The van der Waals surface area contributed by atoms with E-state index in [1.54, 1.807) is 24.6 Å². The van der Waals surface area contributed by atoms with Crippen LogP contribution in [0.5, 0.6) is 0 Å². The van der Waals surface area contributed by atoms with Crippen molar-refractivity contribution >= 4 is 11.8 Å². The van der Waals surface area contributed by atoms with Crippen LogP contribution in [0, 0.1) is 11.3 Å². The molecule has 7 heteroatoms. The summed E-state index contributed by atoms with van der Waals surface area (Å²) < 4.78 is 5.31. The van der Waals surface area contributed by atoms with Crippen LogP contribution in [0.3, 0.4) is 0 Å². The Labute approximate surface area is 146 Å². The first kappa shape index (κ1) is 16.8. The van der Waals surface area contributed by atoms with E-state index in [1.165, 1.54) is 0 Å². The Bertz CT molecular complexity index is 745. The number of furan rings is 1. The Morgan fingerprint density at radius 1 is 1.40 bits per heavy atom. The van der Waals surface area contributed by atoms with Crippen molar-refractivity contribution in [2.75, 3.05) is 31.1 Å². The lowest BCUT2D eigenvalue weighted by atomic mass is 10.2. The first-order valence-electron chi connectivity index (χ1n) is 8.34. The molecule has 1 N–H and O–H groups in total. The molecular weight excluding hydrogens is 318 g/mol. The molecule has 2 aromatic rings. The molecule has 2 amide bonds. The van der Waals surface area contributed by atoms with Crippen LogP contribution in [-0.2, 0) is 6.42 Å². The number of nitrogens with one attached hydrogen (secondary N) is 1. The maximum atomic E-state index is 12.4. The van der Waals surface area contributed by atoms with Crippen LogP contribution in [0.15, 0.2) is 41.1 Å². The van der Waals surface area contributed by atoms with Gasteiger partial charge in [-0.2, -0.15) is 5.26 Å². The predicted octanol–water partition coefficient (Wildman–Crippen LogP) is 2.01. The van der Waals surface area contributed by atoms with Gasteiger partial charge < -0.3 is 19.5 Å². The molecule has 0 unspecified atom stereocenters. The van der Waals surface area contributed by atoms with Crippen molar-refractivity contribution in [3.05, 3.63) is 48.0 Å². The lowest BCUT2D eigenvalue weighted by molar-refractivity contribution is 0.190. The number of piperazine rings is 1. The minimum Gasteiger partial charge on any atom is -0.469 e. The summed E-state index contributed by atoms with van der Waals surface area (Å²) in [6, 6.07) is 9.29. The van der Waals surface area contributed by atoms with Gasteiger partial charge in [-0.1, -0.05) is 0 Å². The van der Waals surface area contributed by atoms with Crippen LogP contribution in [-0.4, -0.2) is 48.1 Å². The fourth-order valence-corrected chi connectivity index (χ4v) is 2.88. The van der Waals surface area contributed by atoms with Gasteiger partial charge in [0.05, 0.1) is 17.9 Å². The summed E-state index contributed by atoms with van der Waals surface area (Å²) in [6.07, 6.45) is 3.95. The minimum absolute atomic E-state index is 0.00524. The second-order valence-electron chi connectivity index (χ2n) is 6.12. The molecule has 25 heavy (non-hydrogen) atoms. The second-order valence-corrected chi connectivity index (χ2v) is 6.12. The molecule has 1 fully saturated rings. The largest absolute Gasteiger partial charge is 0.469 e. The summed E-state index contributed by atoms with van der Waals surface area (Å²) in [5.41, 5.74) is 0.594. The maximum absolute atomic E-state index is 12.4. The van der Waals surface area contributed by atoms with E-state index < -0.39 is 0 Å². The Kier molecular flexibility index (Phi) is 5.19. The van der Waals surface area contributed by atoms with Crippen LogP contribution < -0.4 is 10.2 Å². The first-order valence-corrected chi connectivity index (χ1v) is 8.34.